The minimum absolute atomic E-state index is 0.0366. The van der Waals surface area contributed by atoms with Gasteiger partial charge in [-0.25, -0.2) is 9.97 Å². The topological polar surface area (TPSA) is 79.6 Å². The van der Waals surface area contributed by atoms with Gasteiger partial charge in [0, 0.05) is 24.7 Å². The van der Waals surface area contributed by atoms with E-state index in [4.69, 9.17) is 0 Å². The van der Waals surface area contributed by atoms with Gasteiger partial charge in [0.05, 0.1) is 21.6 Å². The smallest absolute Gasteiger partial charge is 0.274 e. The van der Waals surface area contributed by atoms with Crippen LogP contribution in [0.15, 0.2) is 35.8 Å². The molecule has 0 saturated carbocycles. The van der Waals surface area contributed by atoms with Gasteiger partial charge in [-0.15, -0.1) is 22.7 Å². The average Bonchev–Trinajstić information content (AvgIpc) is 3.41. The lowest BCUT2D eigenvalue weighted by atomic mass is 10.0. The molecule has 32 heavy (non-hydrogen) atoms. The van der Waals surface area contributed by atoms with Crippen LogP contribution in [-0.2, 0) is 0 Å². The summed E-state index contributed by atoms with van der Waals surface area (Å²) in [5.41, 5.74) is 3.94. The maximum atomic E-state index is 13.3. The van der Waals surface area contributed by atoms with Gasteiger partial charge < -0.3 is 10.2 Å². The highest BCUT2D eigenvalue weighted by atomic mass is 32.1. The van der Waals surface area contributed by atoms with Gasteiger partial charge in [-0.05, 0) is 32.8 Å². The van der Waals surface area contributed by atoms with E-state index in [-0.39, 0.29) is 17.9 Å². The Morgan fingerprint density at radius 2 is 1.94 bits per heavy atom. The molecule has 1 fully saturated rings. The van der Waals surface area contributed by atoms with E-state index in [0.717, 1.165) is 26.8 Å². The number of likely N-dealkylation sites (tertiary alicyclic amines) is 1. The molecule has 164 valence electrons. The zero-order valence-corrected chi connectivity index (χ0v) is 19.7. The summed E-state index contributed by atoms with van der Waals surface area (Å²) in [6.07, 6.45) is 2.71. The quantitative estimate of drug-likeness (QED) is 0.482. The Morgan fingerprint density at radius 3 is 2.66 bits per heavy atom. The number of thiazole rings is 2. The van der Waals surface area contributed by atoms with E-state index >= 15 is 0 Å². The molecule has 1 aliphatic rings. The van der Waals surface area contributed by atoms with Crippen LogP contribution in [0.2, 0.25) is 0 Å². The fraction of sp³-hybridized carbons (Fsp3) is 0.304. The van der Waals surface area contributed by atoms with Crippen molar-refractivity contribution < 1.29 is 9.59 Å². The third-order valence-electron chi connectivity index (χ3n) is 5.81. The summed E-state index contributed by atoms with van der Waals surface area (Å²) in [7, 11) is 0. The van der Waals surface area contributed by atoms with Crippen molar-refractivity contribution in [2.45, 2.75) is 33.2 Å². The summed E-state index contributed by atoms with van der Waals surface area (Å²) in [5, 5.41) is 5.77. The Labute approximate surface area is 193 Å². The zero-order chi connectivity index (χ0) is 22.4. The highest BCUT2D eigenvalue weighted by Crippen LogP contribution is 2.33. The highest BCUT2D eigenvalue weighted by Gasteiger charge is 2.35. The number of aromatic nitrogens is 3. The zero-order valence-electron chi connectivity index (χ0n) is 18.1. The molecule has 1 aromatic carbocycles. The van der Waals surface area contributed by atoms with Crippen molar-refractivity contribution in [2.75, 3.05) is 13.1 Å². The van der Waals surface area contributed by atoms with Gasteiger partial charge in [0.15, 0.2) is 4.96 Å². The number of fused-ring (bicyclic) bond motifs is 1. The maximum Gasteiger partial charge on any atom is 0.274 e. The third-order valence-corrected chi connectivity index (χ3v) is 7.58. The first kappa shape index (κ1) is 20.8. The van der Waals surface area contributed by atoms with Crippen LogP contribution in [0.5, 0.6) is 0 Å². The number of amides is 2. The number of aryl methyl sites for hydroxylation is 3. The normalized spacial score (nSPS) is 15.7. The Kier molecular flexibility index (Phi) is 5.30. The van der Waals surface area contributed by atoms with Crippen LogP contribution >= 0.6 is 22.7 Å². The van der Waals surface area contributed by atoms with Crippen molar-refractivity contribution >= 4 is 39.4 Å². The molecule has 4 heterocycles. The minimum Gasteiger partial charge on any atom is -0.349 e. The average molecular weight is 466 g/mol. The second-order valence-corrected chi connectivity index (χ2v) is 10.1. The minimum atomic E-state index is -0.169. The van der Waals surface area contributed by atoms with Crippen LogP contribution in [0.25, 0.3) is 15.4 Å². The first-order valence-corrected chi connectivity index (χ1v) is 12.2. The molecule has 0 aliphatic carbocycles. The molecule has 1 N–H and O–H groups in total. The van der Waals surface area contributed by atoms with Gasteiger partial charge in [0.2, 0.25) is 0 Å². The van der Waals surface area contributed by atoms with E-state index in [0.29, 0.717) is 30.2 Å². The highest BCUT2D eigenvalue weighted by molar-refractivity contribution is 7.15. The largest absolute Gasteiger partial charge is 0.349 e. The number of hydrogen-bond acceptors (Lipinski definition) is 6. The SMILES string of the molecule is Cc1ccc(-c2sc(C)nc2C(=O)N2CC[C@@H]2CNC(=O)c2c(C)nc3sccn23)cc1. The molecule has 3 aromatic heterocycles. The molecule has 5 rings (SSSR count). The van der Waals surface area contributed by atoms with Crippen LogP contribution in [-0.4, -0.2) is 50.2 Å². The lowest BCUT2D eigenvalue weighted by Gasteiger charge is -2.40. The number of rotatable bonds is 5. The van der Waals surface area contributed by atoms with Crippen molar-refractivity contribution in [3.8, 4) is 10.4 Å². The molecule has 1 saturated heterocycles. The summed E-state index contributed by atoms with van der Waals surface area (Å²) in [6.45, 7) is 6.88. The molecule has 0 spiro atoms. The maximum absolute atomic E-state index is 13.3. The number of hydrogen-bond donors (Lipinski definition) is 1. The summed E-state index contributed by atoms with van der Waals surface area (Å²) in [6, 6.07) is 8.12. The lowest BCUT2D eigenvalue weighted by molar-refractivity contribution is 0.0451. The molecule has 0 bridgehead atoms. The first-order valence-electron chi connectivity index (χ1n) is 10.5. The van der Waals surface area contributed by atoms with E-state index in [2.05, 4.69) is 15.3 Å². The van der Waals surface area contributed by atoms with Gasteiger partial charge in [-0.1, -0.05) is 29.8 Å². The molecular weight excluding hydrogens is 442 g/mol. The Hall–Kier alpha value is -3.04. The van der Waals surface area contributed by atoms with E-state index in [1.807, 2.05) is 65.9 Å². The fourth-order valence-corrected chi connectivity index (χ4v) is 5.67. The van der Waals surface area contributed by atoms with E-state index < -0.39 is 0 Å². The van der Waals surface area contributed by atoms with Crippen molar-refractivity contribution in [2.24, 2.45) is 0 Å². The number of benzene rings is 1. The molecule has 1 aliphatic heterocycles. The van der Waals surface area contributed by atoms with Crippen LogP contribution in [0.4, 0.5) is 0 Å². The Morgan fingerprint density at radius 1 is 1.16 bits per heavy atom. The number of imidazole rings is 1. The fourth-order valence-electron chi connectivity index (χ4n) is 3.99. The van der Waals surface area contributed by atoms with E-state index in [1.54, 1.807) is 0 Å². The molecule has 4 aromatic rings. The molecule has 0 radical (unpaired) electrons. The number of nitrogens with one attached hydrogen (secondary N) is 1. The van der Waals surface area contributed by atoms with E-state index in [1.165, 1.54) is 28.2 Å². The lowest BCUT2D eigenvalue weighted by Crippen LogP contribution is -2.56. The van der Waals surface area contributed by atoms with Gasteiger partial charge in [0.25, 0.3) is 11.8 Å². The van der Waals surface area contributed by atoms with Gasteiger partial charge in [-0.3, -0.25) is 14.0 Å². The number of nitrogens with zero attached hydrogens (tertiary/aromatic N) is 4. The standard InChI is InChI=1S/C23H23N5O2S2/c1-13-4-6-16(7-5-13)20-18(26-15(3)32-20)22(30)27-9-8-17(27)12-24-21(29)19-14(2)25-23-28(19)10-11-31-23/h4-7,10-11,17H,8-9,12H2,1-3H3,(H,24,29)/t17-/m1/s1. The van der Waals surface area contributed by atoms with Gasteiger partial charge in [-0.2, -0.15) is 0 Å². The molecule has 2 amide bonds. The predicted molar refractivity (Wildman–Crippen MR) is 127 cm³/mol. The Bertz CT molecular complexity index is 1320. The number of carbonyl (C=O) groups is 2. The first-order chi connectivity index (χ1) is 15.4. The summed E-state index contributed by atoms with van der Waals surface area (Å²) >= 11 is 3.03. The second-order valence-electron chi connectivity index (χ2n) is 8.03. The summed E-state index contributed by atoms with van der Waals surface area (Å²) in [4.78, 5) is 38.6. The molecule has 9 heteroatoms. The van der Waals surface area contributed by atoms with Crippen LogP contribution in [0, 0.1) is 20.8 Å². The van der Waals surface area contributed by atoms with Crippen molar-refractivity contribution in [3.05, 3.63) is 63.5 Å². The van der Waals surface area contributed by atoms with Crippen molar-refractivity contribution in [1.29, 1.82) is 0 Å². The van der Waals surface area contributed by atoms with E-state index in [9.17, 15) is 9.59 Å². The van der Waals surface area contributed by atoms with Gasteiger partial charge in [0.1, 0.15) is 11.4 Å². The van der Waals surface area contributed by atoms with Crippen molar-refractivity contribution in [1.82, 2.24) is 24.6 Å². The molecule has 0 unspecified atom stereocenters. The third kappa shape index (κ3) is 3.61. The number of carbonyl (C=O) groups excluding carboxylic acids is 2. The van der Waals surface area contributed by atoms with Crippen LogP contribution < -0.4 is 5.32 Å². The Balaban J connectivity index is 1.30. The summed E-state index contributed by atoms with van der Waals surface area (Å²) < 4.78 is 1.81. The van der Waals surface area contributed by atoms with Crippen LogP contribution in [0.1, 0.15) is 43.7 Å². The predicted octanol–water partition coefficient (Wildman–Crippen LogP) is 4.09. The molecular formula is C23H23N5O2S2. The van der Waals surface area contributed by atoms with Crippen LogP contribution in [0.3, 0.4) is 0 Å². The van der Waals surface area contributed by atoms with Gasteiger partial charge >= 0.3 is 0 Å². The molecule has 1 atom stereocenters. The molecule has 7 nitrogen and oxygen atoms in total. The monoisotopic (exact) mass is 465 g/mol. The summed E-state index contributed by atoms with van der Waals surface area (Å²) in [5.74, 6) is -0.242. The second kappa shape index (κ2) is 8.14. The van der Waals surface area contributed by atoms with Crippen molar-refractivity contribution in [3.63, 3.8) is 0 Å².